The summed E-state index contributed by atoms with van der Waals surface area (Å²) in [4.78, 5) is 33.3. The molecule has 0 spiro atoms. The van der Waals surface area contributed by atoms with Gasteiger partial charge in [-0.1, -0.05) is 29.8 Å². The number of nitrogens with zero attached hydrogens (tertiary/aromatic N) is 6. The average molecular weight is 547 g/mol. The summed E-state index contributed by atoms with van der Waals surface area (Å²) in [6.07, 6.45) is 9.49. The molecule has 1 amide bonds. The van der Waals surface area contributed by atoms with E-state index >= 15 is 0 Å². The molecule has 4 aromatic rings. The zero-order valence-corrected chi connectivity index (χ0v) is 22.5. The molecule has 1 fully saturated rings. The number of piperazine rings is 1. The number of amides is 1. The molecular formula is C28H31ClN8O2. The Morgan fingerprint density at radius 3 is 2.77 bits per heavy atom. The summed E-state index contributed by atoms with van der Waals surface area (Å²) >= 11 is 6.47. The molecule has 0 saturated carbocycles. The summed E-state index contributed by atoms with van der Waals surface area (Å²) in [6.45, 7) is 4.95. The summed E-state index contributed by atoms with van der Waals surface area (Å²) in [5.41, 5.74) is 1.41. The molecule has 2 N–H and O–H groups in total. The molecule has 1 aliphatic rings. The Morgan fingerprint density at radius 1 is 1.15 bits per heavy atom. The van der Waals surface area contributed by atoms with Gasteiger partial charge in [0.1, 0.15) is 23.0 Å². The van der Waals surface area contributed by atoms with Crippen molar-refractivity contribution in [3.05, 3.63) is 89.9 Å². The van der Waals surface area contributed by atoms with Gasteiger partial charge in [0.05, 0.1) is 18.6 Å². The van der Waals surface area contributed by atoms with Crippen molar-refractivity contribution in [2.45, 2.75) is 31.8 Å². The van der Waals surface area contributed by atoms with E-state index in [4.69, 9.17) is 21.3 Å². The predicted octanol–water partition coefficient (Wildman–Crippen LogP) is 3.21. The zero-order valence-electron chi connectivity index (χ0n) is 21.8. The Bertz CT molecular complexity index is 1370. The van der Waals surface area contributed by atoms with Gasteiger partial charge in [0.25, 0.3) is 0 Å². The number of pyridine rings is 1. The van der Waals surface area contributed by atoms with Crippen LogP contribution in [-0.4, -0.2) is 62.2 Å². The molecular weight excluding hydrogens is 516 g/mol. The number of aromatic nitrogens is 5. The molecule has 11 heteroatoms. The molecule has 5 rings (SSSR count). The molecule has 0 bridgehead atoms. The lowest BCUT2D eigenvalue weighted by Crippen LogP contribution is -2.64. The van der Waals surface area contributed by atoms with E-state index in [0.29, 0.717) is 49.6 Å². The molecule has 39 heavy (non-hydrogen) atoms. The minimum absolute atomic E-state index is 0.0588. The Morgan fingerprint density at radius 2 is 2.03 bits per heavy atom. The van der Waals surface area contributed by atoms with Gasteiger partial charge in [-0.15, -0.1) is 0 Å². The smallest absolute Gasteiger partial charge is 0.238 e. The Balaban J connectivity index is 1.42. The predicted molar refractivity (Wildman–Crippen MR) is 149 cm³/mol. The van der Waals surface area contributed by atoms with E-state index in [1.165, 1.54) is 0 Å². The lowest BCUT2D eigenvalue weighted by Gasteiger charge is -2.48. The van der Waals surface area contributed by atoms with E-state index in [1.807, 2.05) is 49.5 Å². The van der Waals surface area contributed by atoms with E-state index in [-0.39, 0.29) is 12.3 Å². The minimum Gasteiger partial charge on any atom is -0.494 e. The monoisotopic (exact) mass is 546 g/mol. The molecule has 1 aromatic carbocycles. The van der Waals surface area contributed by atoms with Crippen LogP contribution >= 0.6 is 11.6 Å². The first kappa shape index (κ1) is 26.6. The van der Waals surface area contributed by atoms with Crippen LogP contribution in [0.1, 0.15) is 24.5 Å². The van der Waals surface area contributed by atoms with Crippen molar-refractivity contribution in [1.82, 2.24) is 35.1 Å². The van der Waals surface area contributed by atoms with Crippen LogP contribution in [0.3, 0.4) is 0 Å². The van der Waals surface area contributed by atoms with Gasteiger partial charge in [0.15, 0.2) is 0 Å². The number of rotatable bonds is 10. The van der Waals surface area contributed by atoms with Crippen LogP contribution in [0.4, 0.5) is 5.82 Å². The van der Waals surface area contributed by atoms with Crippen LogP contribution in [0.15, 0.2) is 73.6 Å². The number of anilines is 1. The van der Waals surface area contributed by atoms with Crippen LogP contribution in [0.2, 0.25) is 5.15 Å². The fourth-order valence-corrected chi connectivity index (χ4v) is 5.09. The highest BCUT2D eigenvalue weighted by Gasteiger charge is 2.42. The summed E-state index contributed by atoms with van der Waals surface area (Å²) in [6, 6.07) is 13.5. The number of ether oxygens (including phenoxy) is 1. The number of hydrogen-bond acceptors (Lipinski definition) is 8. The van der Waals surface area contributed by atoms with Crippen molar-refractivity contribution < 1.29 is 9.53 Å². The first-order valence-electron chi connectivity index (χ1n) is 12.9. The van der Waals surface area contributed by atoms with Gasteiger partial charge in [-0.25, -0.2) is 9.97 Å². The summed E-state index contributed by atoms with van der Waals surface area (Å²) < 4.78 is 7.23. The fourth-order valence-electron chi connectivity index (χ4n) is 4.92. The largest absolute Gasteiger partial charge is 0.494 e. The van der Waals surface area contributed by atoms with E-state index in [1.54, 1.807) is 35.6 Å². The molecule has 3 aromatic heterocycles. The number of benzene rings is 1. The number of imidazole rings is 1. The highest BCUT2D eigenvalue weighted by Crippen LogP contribution is 2.32. The van der Waals surface area contributed by atoms with Crippen molar-refractivity contribution >= 4 is 23.3 Å². The second kappa shape index (κ2) is 12.2. The lowest BCUT2D eigenvalue weighted by atomic mass is 9.84. The third-order valence-electron chi connectivity index (χ3n) is 6.69. The maximum atomic E-state index is 13.5. The van der Waals surface area contributed by atoms with Gasteiger partial charge >= 0.3 is 0 Å². The Labute approximate surface area is 232 Å². The maximum Gasteiger partial charge on any atom is 0.238 e. The summed E-state index contributed by atoms with van der Waals surface area (Å²) in [7, 11) is 0. The van der Waals surface area contributed by atoms with E-state index in [2.05, 4.69) is 30.5 Å². The van der Waals surface area contributed by atoms with Crippen LogP contribution in [0, 0.1) is 0 Å². The van der Waals surface area contributed by atoms with Crippen LogP contribution < -0.4 is 20.3 Å². The molecule has 202 valence electrons. The fraction of sp³-hybridized carbons (Fsp3) is 0.321. The number of nitrogens with one attached hydrogen (secondary N) is 2. The molecule has 4 heterocycles. The van der Waals surface area contributed by atoms with Crippen molar-refractivity contribution in [1.29, 1.82) is 0 Å². The number of carbonyl (C=O) groups excluding carboxylic acids is 1. The van der Waals surface area contributed by atoms with Crippen molar-refractivity contribution in [2.24, 2.45) is 0 Å². The van der Waals surface area contributed by atoms with Crippen LogP contribution in [0.5, 0.6) is 5.75 Å². The van der Waals surface area contributed by atoms with Gasteiger partial charge in [-0.05, 0) is 42.7 Å². The first-order valence-corrected chi connectivity index (χ1v) is 13.3. The van der Waals surface area contributed by atoms with E-state index in [9.17, 15) is 4.79 Å². The highest BCUT2D eigenvalue weighted by atomic mass is 35.5. The maximum absolute atomic E-state index is 13.5. The van der Waals surface area contributed by atoms with Gasteiger partial charge < -0.3 is 20.3 Å². The van der Waals surface area contributed by atoms with Crippen LogP contribution in [-0.2, 0) is 17.8 Å². The number of hydrogen-bond donors (Lipinski definition) is 2. The molecule has 1 aliphatic heterocycles. The molecule has 1 saturated heterocycles. The quantitative estimate of drug-likeness (QED) is 0.292. The highest BCUT2D eigenvalue weighted by molar-refractivity contribution is 6.29. The molecule has 0 radical (unpaired) electrons. The van der Waals surface area contributed by atoms with Crippen LogP contribution in [0.25, 0.3) is 5.95 Å². The third-order valence-corrected chi connectivity index (χ3v) is 6.88. The topological polar surface area (TPSA) is 110 Å². The van der Waals surface area contributed by atoms with Crippen molar-refractivity contribution in [3.8, 4) is 11.7 Å². The average Bonchev–Trinajstić information content (AvgIpc) is 3.49. The summed E-state index contributed by atoms with van der Waals surface area (Å²) in [5.74, 6) is 1.83. The van der Waals surface area contributed by atoms with Gasteiger partial charge in [0.2, 0.25) is 11.9 Å². The third kappa shape index (κ3) is 6.52. The van der Waals surface area contributed by atoms with E-state index in [0.717, 1.165) is 23.4 Å². The van der Waals surface area contributed by atoms with E-state index < -0.39 is 5.54 Å². The second-order valence-electron chi connectivity index (χ2n) is 9.44. The first-order chi connectivity index (χ1) is 19.0. The number of carbonyl (C=O) groups is 1. The minimum atomic E-state index is -0.617. The second-order valence-corrected chi connectivity index (χ2v) is 9.83. The molecule has 0 aliphatic carbocycles. The summed E-state index contributed by atoms with van der Waals surface area (Å²) in [5, 5.41) is 6.92. The SMILES string of the molecule is CCOc1ccc(CNC(=O)CC2(Cc3cccnc3)CNCCN2c2cc(Cl)nc(-n3ccnc3)n2)cc1. The zero-order chi connectivity index (χ0) is 27.1. The lowest BCUT2D eigenvalue weighted by molar-refractivity contribution is -0.122. The van der Waals surface area contributed by atoms with Gasteiger partial charge in [-0.2, -0.15) is 4.98 Å². The van der Waals surface area contributed by atoms with Crippen molar-refractivity contribution in [3.63, 3.8) is 0 Å². The molecule has 1 atom stereocenters. The standard InChI is InChI=1S/C28H31ClN8O2/c1-2-39-23-7-5-21(6-8-23)18-33-26(38)16-28(15-22-4-3-9-30-17-22)19-31-11-13-37(28)25-14-24(29)34-27(35-25)36-12-10-32-20-36/h3-10,12,14,17,20,31H,2,11,13,15-16,18-19H2,1H3,(H,33,38). The molecule has 1 unspecified atom stereocenters. The van der Waals surface area contributed by atoms with Crippen molar-refractivity contribution in [2.75, 3.05) is 31.1 Å². The Kier molecular flexibility index (Phi) is 8.33. The Hall–Kier alpha value is -4.02. The van der Waals surface area contributed by atoms with Gasteiger partial charge in [-0.3, -0.25) is 14.3 Å². The van der Waals surface area contributed by atoms with Gasteiger partial charge in [0, 0.05) is 57.0 Å². The number of halogens is 1. The normalized spacial score (nSPS) is 17.1. The molecule has 10 nitrogen and oxygen atoms in total.